The van der Waals surface area contributed by atoms with Gasteiger partial charge in [0.05, 0.1) is 30.0 Å². The molecule has 0 atom stereocenters. The van der Waals surface area contributed by atoms with E-state index in [1.807, 2.05) is 0 Å². The topological polar surface area (TPSA) is 55.8 Å². The minimum absolute atomic E-state index is 0.0318. The Bertz CT molecular complexity index is 854. The van der Waals surface area contributed by atoms with Gasteiger partial charge in [-0.15, -0.1) is 0 Å². The van der Waals surface area contributed by atoms with Gasteiger partial charge in [-0.3, -0.25) is 9.59 Å². The number of methoxy groups -OCH3 is 1. The van der Waals surface area contributed by atoms with Gasteiger partial charge in [-0.25, -0.2) is 9.29 Å². The van der Waals surface area contributed by atoms with Crippen molar-refractivity contribution in [2.24, 2.45) is 0 Å². The zero-order valence-corrected chi connectivity index (χ0v) is 14.3. The normalized spacial score (nSPS) is 16.9. The average molecular weight is 355 g/mol. The highest BCUT2D eigenvalue weighted by Crippen LogP contribution is 2.39. The summed E-state index contributed by atoms with van der Waals surface area (Å²) in [4.78, 5) is 26.1. The van der Waals surface area contributed by atoms with E-state index in [1.165, 1.54) is 13.2 Å². The smallest absolute Gasteiger partial charge is 0.266 e. The second kappa shape index (κ2) is 6.44. The van der Waals surface area contributed by atoms with Gasteiger partial charge in [-0.05, 0) is 37.8 Å². The van der Waals surface area contributed by atoms with Crippen molar-refractivity contribution in [3.05, 3.63) is 53.3 Å². The minimum Gasteiger partial charge on any atom is -0.493 e. The Morgan fingerprint density at radius 1 is 1.00 bits per heavy atom. The van der Waals surface area contributed by atoms with Gasteiger partial charge >= 0.3 is 0 Å². The van der Waals surface area contributed by atoms with Gasteiger partial charge in [0, 0.05) is 12.1 Å². The van der Waals surface area contributed by atoms with Crippen molar-refractivity contribution in [3.63, 3.8) is 0 Å². The number of benzene rings is 2. The lowest BCUT2D eigenvalue weighted by molar-refractivity contribution is 0.0924. The number of amides is 2. The van der Waals surface area contributed by atoms with Crippen molar-refractivity contribution in [2.75, 3.05) is 12.0 Å². The van der Waals surface area contributed by atoms with Crippen LogP contribution >= 0.6 is 0 Å². The molecule has 1 aliphatic carbocycles. The summed E-state index contributed by atoms with van der Waals surface area (Å²) in [5, 5.41) is 0. The molecule has 1 heterocycles. The lowest BCUT2D eigenvalue weighted by atomic mass is 10.1. The number of halogens is 1. The van der Waals surface area contributed by atoms with Crippen LogP contribution in [0.4, 0.5) is 10.1 Å². The number of anilines is 1. The summed E-state index contributed by atoms with van der Waals surface area (Å²) in [5.74, 6) is -1.21. The van der Waals surface area contributed by atoms with E-state index in [0.29, 0.717) is 5.75 Å². The first kappa shape index (κ1) is 16.6. The van der Waals surface area contributed by atoms with E-state index in [1.54, 1.807) is 24.3 Å². The van der Waals surface area contributed by atoms with E-state index >= 15 is 0 Å². The number of ether oxygens (including phenoxy) is 2. The summed E-state index contributed by atoms with van der Waals surface area (Å²) in [6.07, 6.45) is 4.04. The number of rotatable bonds is 4. The van der Waals surface area contributed by atoms with Crippen LogP contribution in [-0.2, 0) is 0 Å². The van der Waals surface area contributed by atoms with Crippen molar-refractivity contribution in [1.29, 1.82) is 0 Å². The van der Waals surface area contributed by atoms with Crippen molar-refractivity contribution < 1.29 is 23.5 Å². The average Bonchev–Trinajstić information content (AvgIpc) is 3.24. The Morgan fingerprint density at radius 2 is 1.62 bits per heavy atom. The van der Waals surface area contributed by atoms with Crippen LogP contribution in [0.25, 0.3) is 0 Å². The van der Waals surface area contributed by atoms with Crippen LogP contribution < -0.4 is 14.4 Å². The summed E-state index contributed by atoms with van der Waals surface area (Å²) in [5.41, 5.74) is 0.418. The standard InChI is InChI=1S/C20H18FNO4/c1-25-17-10-15(21)16(11-18(17)26-12-6-2-3-7-12)22-19(23)13-8-4-5-9-14(13)20(22)24/h4-5,8-12H,2-3,6-7H2,1H3. The molecule has 6 heteroatoms. The van der Waals surface area contributed by atoms with E-state index < -0.39 is 17.6 Å². The molecular formula is C20H18FNO4. The number of hydrogen-bond donors (Lipinski definition) is 0. The minimum atomic E-state index is -0.713. The molecule has 0 spiro atoms. The highest BCUT2D eigenvalue weighted by Gasteiger charge is 2.38. The molecule has 0 radical (unpaired) electrons. The van der Waals surface area contributed by atoms with Crippen LogP contribution in [0.2, 0.25) is 0 Å². The lowest BCUT2D eigenvalue weighted by Crippen LogP contribution is -2.30. The maximum atomic E-state index is 14.7. The fourth-order valence-corrected chi connectivity index (χ4v) is 3.54. The van der Waals surface area contributed by atoms with Gasteiger partial charge in [0.2, 0.25) is 0 Å². The van der Waals surface area contributed by atoms with Crippen LogP contribution in [0.15, 0.2) is 36.4 Å². The second-order valence-electron chi connectivity index (χ2n) is 6.47. The molecule has 0 aromatic heterocycles. The largest absolute Gasteiger partial charge is 0.493 e. The van der Waals surface area contributed by atoms with Gasteiger partial charge in [0.15, 0.2) is 17.3 Å². The van der Waals surface area contributed by atoms with Crippen LogP contribution in [0, 0.1) is 5.82 Å². The molecule has 1 fully saturated rings. The zero-order chi connectivity index (χ0) is 18.3. The van der Waals surface area contributed by atoms with E-state index in [4.69, 9.17) is 9.47 Å². The predicted molar refractivity (Wildman–Crippen MR) is 93.4 cm³/mol. The third kappa shape index (κ3) is 2.62. The summed E-state index contributed by atoms with van der Waals surface area (Å²) < 4.78 is 25.8. The van der Waals surface area contributed by atoms with Crippen molar-refractivity contribution >= 4 is 17.5 Å². The number of carbonyl (C=O) groups excluding carboxylic acids is 2. The maximum Gasteiger partial charge on any atom is 0.266 e. The number of carbonyl (C=O) groups is 2. The van der Waals surface area contributed by atoms with E-state index in [9.17, 15) is 14.0 Å². The maximum absolute atomic E-state index is 14.7. The third-order valence-corrected chi connectivity index (χ3v) is 4.86. The molecule has 0 N–H and O–H groups in total. The quantitative estimate of drug-likeness (QED) is 0.779. The van der Waals surface area contributed by atoms with Crippen LogP contribution in [0.1, 0.15) is 46.4 Å². The Balaban J connectivity index is 1.75. The SMILES string of the molecule is COc1cc(F)c(N2C(=O)c3ccccc3C2=O)cc1OC1CCCC1. The first-order chi connectivity index (χ1) is 12.6. The monoisotopic (exact) mass is 355 g/mol. The molecule has 1 saturated carbocycles. The molecular weight excluding hydrogens is 337 g/mol. The Labute approximate surface area is 150 Å². The van der Waals surface area contributed by atoms with Gasteiger partial charge < -0.3 is 9.47 Å². The molecule has 0 bridgehead atoms. The second-order valence-corrected chi connectivity index (χ2v) is 6.47. The Kier molecular flexibility index (Phi) is 4.11. The third-order valence-electron chi connectivity index (χ3n) is 4.86. The van der Waals surface area contributed by atoms with Crippen LogP contribution in [0.5, 0.6) is 11.5 Å². The van der Waals surface area contributed by atoms with Crippen molar-refractivity contribution in [3.8, 4) is 11.5 Å². The Morgan fingerprint density at radius 3 is 2.19 bits per heavy atom. The van der Waals surface area contributed by atoms with Crippen molar-refractivity contribution in [1.82, 2.24) is 0 Å². The molecule has 1 aliphatic heterocycles. The molecule has 26 heavy (non-hydrogen) atoms. The highest BCUT2D eigenvalue weighted by molar-refractivity contribution is 6.34. The van der Waals surface area contributed by atoms with Crippen LogP contribution in [0.3, 0.4) is 0 Å². The summed E-state index contributed by atoms with van der Waals surface area (Å²) >= 11 is 0. The fraction of sp³-hybridized carbons (Fsp3) is 0.300. The number of fused-ring (bicyclic) bond motifs is 1. The van der Waals surface area contributed by atoms with E-state index in [2.05, 4.69) is 0 Å². The number of hydrogen-bond acceptors (Lipinski definition) is 4. The molecule has 2 aromatic carbocycles. The number of nitrogens with zero attached hydrogens (tertiary/aromatic N) is 1. The van der Waals surface area contributed by atoms with Crippen molar-refractivity contribution in [2.45, 2.75) is 31.8 Å². The lowest BCUT2D eigenvalue weighted by Gasteiger charge is -2.20. The van der Waals surface area contributed by atoms with E-state index in [-0.39, 0.29) is 28.7 Å². The first-order valence-electron chi connectivity index (χ1n) is 8.62. The van der Waals surface area contributed by atoms with Gasteiger partial charge in [0.25, 0.3) is 11.8 Å². The fourth-order valence-electron chi connectivity index (χ4n) is 3.54. The molecule has 0 saturated heterocycles. The predicted octanol–water partition coefficient (Wildman–Crippen LogP) is 3.96. The van der Waals surface area contributed by atoms with Gasteiger partial charge in [-0.1, -0.05) is 12.1 Å². The molecule has 2 amide bonds. The molecule has 4 rings (SSSR count). The molecule has 134 valence electrons. The molecule has 5 nitrogen and oxygen atoms in total. The van der Waals surface area contributed by atoms with E-state index in [0.717, 1.165) is 36.6 Å². The van der Waals surface area contributed by atoms with Gasteiger partial charge in [0.1, 0.15) is 0 Å². The first-order valence-corrected chi connectivity index (χ1v) is 8.62. The number of imide groups is 1. The summed E-state index contributed by atoms with van der Waals surface area (Å²) in [6.45, 7) is 0. The molecule has 2 aliphatic rings. The molecule has 2 aromatic rings. The highest BCUT2D eigenvalue weighted by atomic mass is 19.1. The zero-order valence-electron chi connectivity index (χ0n) is 14.3. The summed E-state index contributed by atoms with van der Waals surface area (Å²) in [6, 6.07) is 9.01. The van der Waals surface area contributed by atoms with Crippen LogP contribution in [-0.4, -0.2) is 25.0 Å². The van der Waals surface area contributed by atoms with Gasteiger partial charge in [-0.2, -0.15) is 0 Å². The Hall–Kier alpha value is -2.89. The molecule has 0 unspecified atom stereocenters. The summed E-state index contributed by atoms with van der Waals surface area (Å²) in [7, 11) is 1.43.